The Kier molecular flexibility index (Phi) is 7.75. The van der Waals surface area contributed by atoms with E-state index in [0.717, 1.165) is 34.2 Å². The number of hydrogen-bond acceptors (Lipinski definition) is 2. The van der Waals surface area contributed by atoms with Crippen LogP contribution in [0.15, 0.2) is 121 Å². The second-order valence-corrected chi connectivity index (χ2v) is 13.3. The fourth-order valence-electron chi connectivity index (χ4n) is 7.54. The van der Waals surface area contributed by atoms with Crippen molar-refractivity contribution in [2.75, 3.05) is 0 Å². The lowest BCUT2D eigenvalue weighted by Gasteiger charge is -2.11. The van der Waals surface area contributed by atoms with Crippen LogP contribution in [-0.4, -0.2) is 4.40 Å². The topological polar surface area (TPSA) is 28.2 Å². The van der Waals surface area contributed by atoms with Crippen molar-refractivity contribution >= 4 is 70.9 Å². The molecule has 0 saturated heterocycles. The molecule has 9 rings (SSSR count). The molecule has 0 aliphatic heterocycles. The fourth-order valence-corrected chi connectivity index (χ4v) is 8.78. The summed E-state index contributed by atoms with van der Waals surface area (Å²) in [4.78, 5) is 0. The highest BCUT2D eigenvalue weighted by molar-refractivity contribution is 7.26. The Balaban J connectivity index is 0.00000171. The molecule has 0 spiro atoms. The van der Waals surface area contributed by atoms with E-state index in [-0.39, 0.29) is 0 Å². The molecule has 0 fully saturated rings. The van der Waals surface area contributed by atoms with Crippen molar-refractivity contribution in [3.8, 4) is 39.4 Å². The highest BCUT2D eigenvalue weighted by Gasteiger charge is 2.18. The standard InChI is InChI=1S/C44H30N2S.C2H6/c1-3-11-40-33(4-2)38-24-31(25-39-35-14-5-7-18-41(35)46(40)43(38)39)29-13-9-12-28(22-29)30-20-27(26-45)21-32(23-30)34-16-10-17-37-36-15-6-8-19-42(36)47-44(34)37;1-2/h4-25H,3H2,1-2H3;1-2H3/b33-4-,40-11+;. The van der Waals surface area contributed by atoms with Crippen LogP contribution >= 0.6 is 11.3 Å². The zero-order chi connectivity index (χ0) is 33.6. The van der Waals surface area contributed by atoms with Gasteiger partial charge < -0.3 is 4.40 Å². The fraction of sp³-hybridized carbons (Fsp3) is 0.109. The summed E-state index contributed by atoms with van der Waals surface area (Å²) in [6.45, 7) is 8.35. The van der Waals surface area contributed by atoms with Gasteiger partial charge in [0.25, 0.3) is 0 Å². The lowest BCUT2D eigenvalue weighted by atomic mass is 9.93. The zero-order valence-electron chi connectivity index (χ0n) is 28.2. The van der Waals surface area contributed by atoms with Gasteiger partial charge >= 0.3 is 0 Å². The van der Waals surface area contributed by atoms with Gasteiger partial charge in [-0.15, -0.1) is 11.3 Å². The van der Waals surface area contributed by atoms with E-state index in [0.29, 0.717) is 5.56 Å². The van der Waals surface area contributed by atoms with Crippen LogP contribution in [0.5, 0.6) is 0 Å². The summed E-state index contributed by atoms with van der Waals surface area (Å²) >= 11 is 1.82. The van der Waals surface area contributed by atoms with Crippen molar-refractivity contribution in [1.29, 1.82) is 5.26 Å². The number of benzene rings is 6. The lowest BCUT2D eigenvalue weighted by molar-refractivity contribution is 1.18. The van der Waals surface area contributed by atoms with Gasteiger partial charge in [-0.25, -0.2) is 0 Å². The second-order valence-electron chi connectivity index (χ2n) is 12.2. The van der Waals surface area contributed by atoms with Gasteiger partial charge in [-0.05, 0) is 95.3 Å². The molecule has 6 aromatic carbocycles. The minimum Gasteiger partial charge on any atom is -0.308 e. The van der Waals surface area contributed by atoms with Crippen molar-refractivity contribution < 1.29 is 0 Å². The molecule has 0 aliphatic carbocycles. The number of rotatable bonds is 4. The van der Waals surface area contributed by atoms with Gasteiger partial charge in [-0.3, -0.25) is 0 Å². The van der Waals surface area contributed by atoms with Gasteiger partial charge in [0.2, 0.25) is 0 Å². The van der Waals surface area contributed by atoms with Crippen LogP contribution in [-0.2, 0) is 0 Å². The summed E-state index contributed by atoms with van der Waals surface area (Å²) in [5.74, 6) is 0. The zero-order valence-corrected chi connectivity index (χ0v) is 29.0. The van der Waals surface area contributed by atoms with Gasteiger partial charge in [0.05, 0.1) is 22.7 Å². The average molecular weight is 649 g/mol. The predicted octanol–water partition coefficient (Wildman–Crippen LogP) is 11.9. The Morgan fingerprint density at radius 3 is 2.08 bits per heavy atom. The molecule has 0 unspecified atom stereocenters. The van der Waals surface area contributed by atoms with Crippen molar-refractivity contribution in [3.05, 3.63) is 137 Å². The third kappa shape index (κ3) is 4.83. The quantitative estimate of drug-likeness (QED) is 0.187. The van der Waals surface area contributed by atoms with Gasteiger partial charge in [-0.2, -0.15) is 5.26 Å². The summed E-state index contributed by atoms with van der Waals surface area (Å²) in [5.41, 5.74) is 9.94. The maximum Gasteiger partial charge on any atom is 0.0992 e. The Labute approximate surface area is 290 Å². The summed E-state index contributed by atoms with van der Waals surface area (Å²) < 4.78 is 4.98. The molecule has 49 heavy (non-hydrogen) atoms. The van der Waals surface area contributed by atoms with E-state index >= 15 is 0 Å². The Bertz CT molecular complexity index is 2860. The summed E-state index contributed by atoms with van der Waals surface area (Å²) in [6.07, 6.45) is 5.58. The van der Waals surface area contributed by atoms with E-state index in [9.17, 15) is 5.26 Å². The van der Waals surface area contributed by atoms with E-state index < -0.39 is 0 Å². The minimum absolute atomic E-state index is 0.663. The normalized spacial score (nSPS) is 12.4. The number of hydrogen-bond donors (Lipinski definition) is 0. The van der Waals surface area contributed by atoms with Crippen molar-refractivity contribution in [1.82, 2.24) is 4.40 Å². The molecule has 3 heteroatoms. The maximum atomic E-state index is 10.1. The maximum absolute atomic E-state index is 10.1. The molecular weight excluding hydrogens is 613 g/mol. The minimum atomic E-state index is 0.663. The first-order chi connectivity index (χ1) is 24.2. The molecular formula is C46H36N2S. The molecule has 0 aliphatic rings. The van der Waals surface area contributed by atoms with Gasteiger partial charge in [-0.1, -0.05) is 106 Å². The van der Waals surface area contributed by atoms with Crippen LogP contribution in [0.4, 0.5) is 0 Å². The molecule has 0 radical (unpaired) electrons. The third-order valence-corrected chi connectivity index (χ3v) is 10.8. The van der Waals surface area contributed by atoms with E-state index in [1.807, 2.05) is 37.3 Å². The summed E-state index contributed by atoms with van der Waals surface area (Å²) in [7, 11) is 0. The second kappa shape index (κ2) is 12.4. The van der Waals surface area contributed by atoms with Crippen LogP contribution in [0.3, 0.4) is 0 Å². The van der Waals surface area contributed by atoms with Gasteiger partial charge in [0.15, 0.2) is 0 Å². The monoisotopic (exact) mass is 648 g/mol. The molecule has 236 valence electrons. The van der Waals surface area contributed by atoms with Crippen LogP contribution in [0.25, 0.3) is 92.9 Å². The molecule has 9 aromatic rings. The van der Waals surface area contributed by atoms with Crippen molar-refractivity contribution in [3.63, 3.8) is 0 Å². The third-order valence-electron chi connectivity index (χ3n) is 9.57. The Morgan fingerprint density at radius 2 is 1.31 bits per heavy atom. The first-order valence-electron chi connectivity index (χ1n) is 17.2. The van der Waals surface area contributed by atoms with Crippen LogP contribution < -0.4 is 10.6 Å². The number of nitriles is 1. The SMILES string of the molecule is C/C=c1\c(=C/CC)n2c3ccccc3c3cc(-c4cccc(-c5cc(C#N)cc(-c6cccc7c6sc6ccccc67)c5)c4)cc1c32.CC. The van der Waals surface area contributed by atoms with Crippen molar-refractivity contribution in [2.24, 2.45) is 0 Å². The predicted molar refractivity (Wildman–Crippen MR) is 213 cm³/mol. The first kappa shape index (κ1) is 30.6. The molecule has 0 N–H and O–H groups in total. The van der Waals surface area contributed by atoms with Gasteiger partial charge in [0.1, 0.15) is 0 Å². The molecule has 3 heterocycles. The largest absolute Gasteiger partial charge is 0.308 e. The van der Waals surface area contributed by atoms with E-state index in [4.69, 9.17) is 0 Å². The average Bonchev–Trinajstić information content (AvgIpc) is 3.82. The van der Waals surface area contributed by atoms with E-state index in [1.165, 1.54) is 63.5 Å². The highest BCUT2D eigenvalue weighted by atomic mass is 32.1. The number of aromatic nitrogens is 1. The number of thiophene rings is 1. The smallest absolute Gasteiger partial charge is 0.0992 e. The molecule has 3 aromatic heterocycles. The molecule has 0 bridgehead atoms. The molecule has 0 saturated carbocycles. The van der Waals surface area contributed by atoms with Crippen LogP contribution in [0.2, 0.25) is 0 Å². The Morgan fingerprint density at radius 1 is 0.653 bits per heavy atom. The number of fused-ring (bicyclic) bond motifs is 6. The summed E-state index contributed by atoms with van der Waals surface area (Å²) in [6, 6.07) is 46.1. The summed E-state index contributed by atoms with van der Waals surface area (Å²) in [5, 5.41) is 19.1. The molecule has 2 nitrogen and oxygen atoms in total. The highest BCUT2D eigenvalue weighted by Crippen LogP contribution is 2.41. The molecule has 0 amide bonds. The van der Waals surface area contributed by atoms with E-state index in [2.05, 4.69) is 146 Å². The van der Waals surface area contributed by atoms with Gasteiger partial charge in [0, 0.05) is 46.9 Å². The van der Waals surface area contributed by atoms with Crippen LogP contribution in [0, 0.1) is 11.3 Å². The van der Waals surface area contributed by atoms with Crippen molar-refractivity contribution in [2.45, 2.75) is 34.1 Å². The molecule has 0 atom stereocenters. The number of nitrogens with zero attached hydrogens (tertiary/aromatic N) is 2. The first-order valence-corrected chi connectivity index (χ1v) is 18.0. The Hall–Kier alpha value is -5.69. The lowest BCUT2D eigenvalue weighted by Crippen LogP contribution is -2.25. The number of para-hydroxylation sites is 1. The van der Waals surface area contributed by atoms with Crippen LogP contribution in [0.1, 0.15) is 39.7 Å². The van der Waals surface area contributed by atoms with E-state index in [1.54, 1.807) is 0 Å².